The molecule has 72 valence electrons. The maximum atomic E-state index is 6.08. The first kappa shape index (κ1) is 8.69. The predicted molar refractivity (Wildman–Crippen MR) is 50.1 cm³/mol. The molecular weight excluding hydrogens is 164 g/mol. The summed E-state index contributed by atoms with van der Waals surface area (Å²) in [6.07, 6.45) is 9.44. The van der Waals surface area contributed by atoms with Crippen molar-refractivity contribution in [3.8, 4) is 0 Å². The van der Waals surface area contributed by atoms with E-state index in [0.29, 0.717) is 6.04 Å². The van der Waals surface area contributed by atoms with Crippen molar-refractivity contribution in [2.24, 2.45) is 5.73 Å². The van der Waals surface area contributed by atoms with Gasteiger partial charge in [0.05, 0.1) is 6.04 Å². The molecule has 0 amide bonds. The molecule has 1 saturated carbocycles. The van der Waals surface area contributed by atoms with Crippen molar-refractivity contribution in [1.82, 2.24) is 14.8 Å². The van der Waals surface area contributed by atoms with Crippen LogP contribution in [0, 0.1) is 0 Å². The molecule has 0 radical (unpaired) electrons. The average molecular weight is 180 g/mol. The van der Waals surface area contributed by atoms with Gasteiger partial charge in [0, 0.05) is 6.04 Å². The lowest BCUT2D eigenvalue weighted by Gasteiger charge is -2.20. The topological polar surface area (TPSA) is 56.7 Å². The van der Waals surface area contributed by atoms with E-state index in [1.54, 1.807) is 12.7 Å². The van der Waals surface area contributed by atoms with Crippen molar-refractivity contribution < 1.29 is 0 Å². The Kier molecular flexibility index (Phi) is 2.59. The van der Waals surface area contributed by atoms with Crippen LogP contribution in [0.3, 0.4) is 0 Å². The Morgan fingerprint density at radius 3 is 2.85 bits per heavy atom. The number of hydrogen-bond donors (Lipinski definition) is 1. The van der Waals surface area contributed by atoms with Gasteiger partial charge in [0.25, 0.3) is 0 Å². The fourth-order valence-corrected chi connectivity index (χ4v) is 2.03. The third-order valence-corrected chi connectivity index (χ3v) is 2.81. The molecule has 2 N–H and O–H groups in total. The highest BCUT2D eigenvalue weighted by Crippen LogP contribution is 2.25. The summed E-state index contributed by atoms with van der Waals surface area (Å²) in [5, 5.41) is 4.16. The number of nitrogens with two attached hydrogens (primary N) is 1. The SMILES string of the molecule is NC1CCCCCC1n1cncn1. The summed E-state index contributed by atoms with van der Waals surface area (Å²) in [6.45, 7) is 0. The number of aromatic nitrogens is 3. The van der Waals surface area contributed by atoms with Gasteiger partial charge < -0.3 is 5.73 Å². The number of hydrogen-bond acceptors (Lipinski definition) is 3. The van der Waals surface area contributed by atoms with E-state index >= 15 is 0 Å². The van der Waals surface area contributed by atoms with Crippen molar-refractivity contribution in [3.05, 3.63) is 12.7 Å². The Hall–Kier alpha value is -0.900. The normalized spacial score (nSPS) is 29.9. The molecule has 0 spiro atoms. The fraction of sp³-hybridized carbons (Fsp3) is 0.778. The third-order valence-electron chi connectivity index (χ3n) is 2.81. The fourth-order valence-electron chi connectivity index (χ4n) is 2.03. The zero-order chi connectivity index (χ0) is 9.10. The van der Waals surface area contributed by atoms with Gasteiger partial charge in [-0.1, -0.05) is 19.3 Å². The molecular formula is C9H16N4. The van der Waals surface area contributed by atoms with Gasteiger partial charge in [0.1, 0.15) is 12.7 Å². The van der Waals surface area contributed by atoms with Crippen LogP contribution in [0.25, 0.3) is 0 Å². The van der Waals surface area contributed by atoms with Crippen LogP contribution in [0.4, 0.5) is 0 Å². The summed E-state index contributed by atoms with van der Waals surface area (Å²) in [7, 11) is 0. The largest absolute Gasteiger partial charge is 0.326 e. The van der Waals surface area contributed by atoms with Crippen LogP contribution in [0.1, 0.15) is 38.1 Å². The van der Waals surface area contributed by atoms with Crippen LogP contribution in [0.15, 0.2) is 12.7 Å². The van der Waals surface area contributed by atoms with Crippen molar-refractivity contribution in [2.75, 3.05) is 0 Å². The van der Waals surface area contributed by atoms with Crippen LogP contribution in [0.2, 0.25) is 0 Å². The molecule has 1 aromatic rings. The highest BCUT2D eigenvalue weighted by atomic mass is 15.3. The summed E-state index contributed by atoms with van der Waals surface area (Å²) in [5.74, 6) is 0. The Morgan fingerprint density at radius 2 is 2.08 bits per heavy atom. The van der Waals surface area contributed by atoms with E-state index in [1.807, 2.05) is 4.68 Å². The Balaban J connectivity index is 2.11. The summed E-state index contributed by atoms with van der Waals surface area (Å²) in [6, 6.07) is 0.620. The predicted octanol–water partition coefficient (Wildman–Crippen LogP) is 1.11. The van der Waals surface area contributed by atoms with Crippen LogP contribution in [-0.2, 0) is 0 Å². The van der Waals surface area contributed by atoms with Gasteiger partial charge in [-0.25, -0.2) is 9.67 Å². The summed E-state index contributed by atoms with van der Waals surface area (Å²) >= 11 is 0. The van der Waals surface area contributed by atoms with Gasteiger partial charge >= 0.3 is 0 Å². The second-order valence-electron chi connectivity index (χ2n) is 3.74. The van der Waals surface area contributed by atoms with Crippen LogP contribution in [0.5, 0.6) is 0 Å². The second kappa shape index (κ2) is 3.87. The lowest BCUT2D eigenvalue weighted by molar-refractivity contribution is 0.357. The maximum Gasteiger partial charge on any atom is 0.137 e. The van der Waals surface area contributed by atoms with Crippen LogP contribution in [-0.4, -0.2) is 20.8 Å². The summed E-state index contributed by atoms with van der Waals surface area (Å²) in [5.41, 5.74) is 6.08. The molecule has 1 heterocycles. The molecule has 2 unspecified atom stereocenters. The summed E-state index contributed by atoms with van der Waals surface area (Å²) < 4.78 is 1.91. The van der Waals surface area contributed by atoms with E-state index in [0.717, 1.165) is 12.8 Å². The molecule has 0 bridgehead atoms. The van der Waals surface area contributed by atoms with E-state index in [1.165, 1.54) is 19.3 Å². The smallest absolute Gasteiger partial charge is 0.137 e. The van der Waals surface area contributed by atoms with Gasteiger partial charge in [0.15, 0.2) is 0 Å². The molecule has 1 aromatic heterocycles. The van der Waals surface area contributed by atoms with E-state index in [2.05, 4.69) is 10.1 Å². The van der Waals surface area contributed by atoms with Gasteiger partial charge in [0.2, 0.25) is 0 Å². The van der Waals surface area contributed by atoms with Gasteiger partial charge in [-0.3, -0.25) is 0 Å². The first-order valence-electron chi connectivity index (χ1n) is 4.97. The maximum absolute atomic E-state index is 6.08. The molecule has 1 fully saturated rings. The minimum atomic E-state index is 0.254. The molecule has 1 aliphatic rings. The zero-order valence-electron chi connectivity index (χ0n) is 7.76. The van der Waals surface area contributed by atoms with E-state index < -0.39 is 0 Å². The molecule has 13 heavy (non-hydrogen) atoms. The molecule has 4 heteroatoms. The van der Waals surface area contributed by atoms with E-state index in [-0.39, 0.29) is 6.04 Å². The standard InChI is InChI=1S/C9H16N4/c10-8-4-2-1-3-5-9(8)13-7-11-6-12-13/h6-9H,1-5,10H2. The second-order valence-corrected chi connectivity index (χ2v) is 3.74. The number of nitrogens with zero attached hydrogens (tertiary/aromatic N) is 3. The Bertz CT molecular complexity index is 244. The van der Waals surface area contributed by atoms with Crippen LogP contribution < -0.4 is 5.73 Å². The molecule has 1 aliphatic carbocycles. The van der Waals surface area contributed by atoms with E-state index in [4.69, 9.17) is 5.73 Å². The molecule has 0 aliphatic heterocycles. The average Bonchev–Trinajstić information content (AvgIpc) is 2.56. The van der Waals surface area contributed by atoms with Gasteiger partial charge in [-0.15, -0.1) is 0 Å². The van der Waals surface area contributed by atoms with Crippen molar-refractivity contribution >= 4 is 0 Å². The highest BCUT2D eigenvalue weighted by molar-refractivity contribution is 4.81. The molecule has 0 aromatic carbocycles. The lowest BCUT2D eigenvalue weighted by Crippen LogP contribution is -2.31. The molecule has 2 rings (SSSR count). The zero-order valence-corrected chi connectivity index (χ0v) is 7.76. The van der Waals surface area contributed by atoms with E-state index in [9.17, 15) is 0 Å². The molecule has 0 saturated heterocycles. The van der Waals surface area contributed by atoms with Crippen LogP contribution >= 0.6 is 0 Å². The summed E-state index contributed by atoms with van der Waals surface area (Å²) in [4.78, 5) is 3.96. The molecule has 2 atom stereocenters. The molecule has 4 nitrogen and oxygen atoms in total. The minimum absolute atomic E-state index is 0.254. The quantitative estimate of drug-likeness (QED) is 0.659. The third kappa shape index (κ3) is 1.88. The van der Waals surface area contributed by atoms with Gasteiger partial charge in [-0.05, 0) is 12.8 Å². The Morgan fingerprint density at radius 1 is 1.23 bits per heavy atom. The first-order chi connectivity index (χ1) is 6.38. The minimum Gasteiger partial charge on any atom is -0.326 e. The first-order valence-corrected chi connectivity index (χ1v) is 4.97. The van der Waals surface area contributed by atoms with Crippen molar-refractivity contribution in [1.29, 1.82) is 0 Å². The van der Waals surface area contributed by atoms with Gasteiger partial charge in [-0.2, -0.15) is 5.10 Å². The number of rotatable bonds is 1. The lowest BCUT2D eigenvalue weighted by atomic mass is 10.1. The van der Waals surface area contributed by atoms with Crippen molar-refractivity contribution in [2.45, 2.75) is 44.2 Å². The highest BCUT2D eigenvalue weighted by Gasteiger charge is 2.21. The monoisotopic (exact) mass is 180 g/mol. The Labute approximate surface area is 78.1 Å². The van der Waals surface area contributed by atoms with Crippen molar-refractivity contribution in [3.63, 3.8) is 0 Å².